The van der Waals surface area contributed by atoms with Gasteiger partial charge in [0.2, 0.25) is 5.71 Å². The highest BCUT2D eigenvalue weighted by molar-refractivity contribution is 7.25. The average Bonchev–Trinajstić information content (AvgIpc) is 1.54. The number of hydrogen-bond donors (Lipinski definition) is 0. The molecule has 0 aliphatic heterocycles. The van der Waals surface area contributed by atoms with Crippen LogP contribution in [-0.4, -0.2) is 43.6 Å². The van der Waals surface area contributed by atoms with E-state index in [2.05, 4.69) is 439 Å². The number of nitrogens with zero attached hydrogens (tertiary/aromatic N) is 9. The Labute approximate surface area is 793 Å². The van der Waals surface area contributed by atoms with Gasteiger partial charge in [-0.1, -0.05) is 353 Å². The molecule has 26 aromatic rings. The van der Waals surface area contributed by atoms with Crippen molar-refractivity contribution in [3.63, 3.8) is 0 Å². The van der Waals surface area contributed by atoms with Crippen LogP contribution >= 0.6 is 11.3 Å². The van der Waals surface area contributed by atoms with Crippen molar-refractivity contribution in [1.82, 2.24) is 43.6 Å². The summed E-state index contributed by atoms with van der Waals surface area (Å²) < 4.78 is 14.8. The number of rotatable bonds is 6. The normalized spacial score (nSPS) is 14.2. The van der Waals surface area contributed by atoms with Gasteiger partial charge in [-0.2, -0.15) is 4.98 Å². The number of furan rings is 1. The minimum atomic E-state index is -0.282. The van der Waals surface area contributed by atoms with Crippen molar-refractivity contribution in [3.05, 3.63) is 427 Å². The molecule has 10 nitrogen and oxygen atoms in total. The second-order valence-electron chi connectivity index (χ2n) is 39.6. The van der Waals surface area contributed by atoms with Gasteiger partial charge in [-0.05, 0) is 195 Å². The number of benzene rings is 18. The SMILES string of the molecule is CC1(C)c2ccccc2-c2ccc(-c3nc(-n4c5ccccc5c5cc6ccccc6cc54)c4c(n3)C(C)(C)c3ccccc3-4)cc21.CC1(C)c2ccccc2-c2ccc(-c3nc(-n4c5ccccc5c5cc6ccccc6cc54)c4c(n3)oc3ccccc34)cc21.CC1(C)c2ccccc2-c2ccc(-c3nc(-n4c5ccccc5c5cc6ccccc6cc54)c4c(n3)sc3ccccc34)cc21. The summed E-state index contributed by atoms with van der Waals surface area (Å²) in [7, 11) is 0. The van der Waals surface area contributed by atoms with Crippen molar-refractivity contribution >= 4 is 151 Å². The summed E-state index contributed by atoms with van der Waals surface area (Å²) >= 11 is 1.75. The first-order valence-corrected chi connectivity index (χ1v) is 48.2. The van der Waals surface area contributed by atoms with Crippen LogP contribution in [0.4, 0.5) is 0 Å². The number of aromatic nitrogens is 9. The van der Waals surface area contributed by atoms with Crippen molar-refractivity contribution in [2.24, 2.45) is 0 Å². The van der Waals surface area contributed by atoms with Crippen LogP contribution in [0.5, 0.6) is 0 Å². The van der Waals surface area contributed by atoms with Crippen molar-refractivity contribution in [3.8, 4) is 96.1 Å². The van der Waals surface area contributed by atoms with Crippen LogP contribution in [0.1, 0.15) is 100 Å². The fourth-order valence-corrected chi connectivity index (χ4v) is 24.9. The molecule has 0 N–H and O–H groups in total. The summed E-state index contributed by atoms with van der Waals surface area (Å²) in [6.07, 6.45) is 0. The van der Waals surface area contributed by atoms with Crippen molar-refractivity contribution in [2.75, 3.05) is 0 Å². The van der Waals surface area contributed by atoms with E-state index in [-0.39, 0.29) is 21.7 Å². The van der Waals surface area contributed by atoms with Crippen LogP contribution in [0.25, 0.3) is 236 Å². The van der Waals surface area contributed by atoms with Crippen LogP contribution in [-0.2, 0) is 21.7 Å². The number of fused-ring (bicyclic) bond motifs is 30. The molecule has 0 fully saturated rings. The minimum Gasteiger partial charge on any atom is -0.437 e. The maximum atomic E-state index is 6.47. The van der Waals surface area contributed by atoms with E-state index in [1.807, 2.05) is 12.1 Å². The second-order valence-corrected chi connectivity index (χ2v) is 40.6. The Morgan fingerprint density at radius 2 is 0.562 bits per heavy atom. The molecule has 0 atom stereocenters. The first-order valence-electron chi connectivity index (χ1n) is 47.4. The summed E-state index contributed by atoms with van der Waals surface area (Å²) in [4.78, 5) is 33.4. The number of para-hydroxylation sites is 4. The van der Waals surface area contributed by atoms with Crippen LogP contribution in [0, 0.1) is 0 Å². The molecule has 0 saturated carbocycles. The van der Waals surface area contributed by atoms with Crippen molar-refractivity contribution < 1.29 is 4.42 Å². The van der Waals surface area contributed by atoms with Gasteiger partial charge in [0.25, 0.3) is 0 Å². The van der Waals surface area contributed by atoms with Gasteiger partial charge in [-0.15, -0.1) is 11.3 Å². The Morgan fingerprint density at radius 3 is 1.01 bits per heavy atom. The highest BCUT2D eigenvalue weighted by Gasteiger charge is 2.43. The first-order chi connectivity index (χ1) is 66.9. The maximum Gasteiger partial charge on any atom is 0.233 e. The Kier molecular flexibility index (Phi) is 16.7. The zero-order chi connectivity index (χ0) is 91.4. The lowest BCUT2D eigenvalue weighted by Crippen LogP contribution is -2.18. The van der Waals surface area contributed by atoms with E-state index in [4.69, 9.17) is 34.3 Å². The topological polar surface area (TPSA) is 105 Å². The van der Waals surface area contributed by atoms with Crippen LogP contribution < -0.4 is 0 Å². The van der Waals surface area contributed by atoms with Crippen molar-refractivity contribution in [2.45, 2.75) is 77.0 Å². The summed E-state index contributed by atoms with van der Waals surface area (Å²) in [6, 6.07) is 138. The molecule has 18 aromatic carbocycles. The largest absolute Gasteiger partial charge is 0.437 e. The van der Waals surface area contributed by atoms with Gasteiger partial charge in [0.05, 0.1) is 49.6 Å². The lowest BCUT2D eigenvalue weighted by atomic mass is 9.82. The van der Waals surface area contributed by atoms with Gasteiger partial charge >= 0.3 is 0 Å². The monoisotopic (exact) mass is 1770 g/mol. The smallest absolute Gasteiger partial charge is 0.233 e. The van der Waals surface area contributed by atoms with Gasteiger partial charge in [0.1, 0.15) is 16.2 Å². The maximum absolute atomic E-state index is 6.47. The van der Waals surface area contributed by atoms with Gasteiger partial charge in [-0.25, -0.2) is 24.9 Å². The van der Waals surface area contributed by atoms with E-state index >= 15 is 0 Å². The third-order valence-electron chi connectivity index (χ3n) is 30.6. The summed E-state index contributed by atoms with van der Waals surface area (Å²) in [6.45, 7) is 18.5. The van der Waals surface area contributed by atoms with E-state index < -0.39 is 0 Å². The van der Waals surface area contributed by atoms with Gasteiger partial charge < -0.3 is 4.42 Å². The van der Waals surface area contributed by atoms with E-state index in [0.717, 1.165) is 117 Å². The Bertz CT molecular complexity index is 9420. The highest BCUT2D eigenvalue weighted by atomic mass is 32.1. The molecule has 4 aliphatic rings. The molecule has 11 heteroatoms. The number of thiophene rings is 1. The van der Waals surface area contributed by atoms with E-state index in [9.17, 15) is 0 Å². The Morgan fingerprint density at radius 1 is 0.234 bits per heavy atom. The predicted octanol–water partition coefficient (Wildman–Crippen LogP) is 32.7. The molecule has 137 heavy (non-hydrogen) atoms. The molecule has 648 valence electrons. The lowest BCUT2D eigenvalue weighted by Gasteiger charge is -2.23. The molecule has 8 heterocycles. The van der Waals surface area contributed by atoms with Gasteiger partial charge in [-0.3, -0.25) is 13.7 Å². The average molecular weight is 1780 g/mol. The molecular weight excluding hydrogens is 1690 g/mol. The van der Waals surface area contributed by atoms with E-state index in [1.165, 1.54) is 153 Å². The zero-order valence-corrected chi connectivity index (χ0v) is 77.5. The highest BCUT2D eigenvalue weighted by Crippen LogP contribution is 2.57. The molecule has 4 aliphatic carbocycles. The van der Waals surface area contributed by atoms with Gasteiger partial charge in [0, 0.05) is 91.7 Å². The van der Waals surface area contributed by atoms with Crippen LogP contribution in [0.2, 0.25) is 0 Å². The molecule has 30 rings (SSSR count). The third-order valence-corrected chi connectivity index (χ3v) is 31.6. The van der Waals surface area contributed by atoms with E-state index in [1.54, 1.807) is 11.3 Å². The quantitative estimate of drug-likeness (QED) is 0.163. The fraction of sp³-hybridized carbons (Fsp3) is 0.0952. The molecule has 0 amide bonds. The minimum absolute atomic E-state index is 0.0969. The molecule has 0 radical (unpaired) electrons. The lowest BCUT2D eigenvalue weighted by molar-refractivity contribution is 0.635. The second kappa shape index (κ2) is 29.0. The first kappa shape index (κ1) is 79.0. The van der Waals surface area contributed by atoms with Crippen LogP contribution in [0.3, 0.4) is 0 Å². The van der Waals surface area contributed by atoms with Gasteiger partial charge in [0.15, 0.2) is 29.1 Å². The fourth-order valence-electron chi connectivity index (χ4n) is 23.8. The summed E-state index contributed by atoms with van der Waals surface area (Å²) in [5.74, 6) is 4.86. The summed E-state index contributed by atoms with van der Waals surface area (Å²) in [5.41, 5.74) is 31.2. The Balaban J connectivity index is 0.000000102. The molecule has 0 saturated heterocycles. The Hall–Kier alpha value is -16.6. The predicted molar refractivity (Wildman–Crippen MR) is 568 cm³/mol. The number of hydrogen-bond acceptors (Lipinski definition) is 8. The molecule has 0 unspecified atom stereocenters. The van der Waals surface area contributed by atoms with Crippen molar-refractivity contribution in [1.29, 1.82) is 0 Å². The zero-order valence-electron chi connectivity index (χ0n) is 76.7. The standard InChI is InChI=1S/C44H33N3.C41H27N3O.C41H27N3S/c1-43(2)34-18-10-7-15-29(34)30-22-21-28(24-36(30)43)41-45-40-39(32-17-8-11-19-35(32)44(40,3)4)42(46-41)47-37-20-12-9-16-31(37)33-23-26-13-5-6-14-27(26)25-38(33)47;2*1-41(2)32-16-8-5-13-27(32)28-20-19-26(22-33(28)41)38-42-39(37-30-15-7-10-18-36(30)45-40(37)43-38)44-34-17-9-6-14-29(34)31-21-24-11-3-4-12-25(24)23-35(31)44/h5-25H,1-4H3;2*3-23H,1-2H3. The summed E-state index contributed by atoms with van der Waals surface area (Å²) in [5, 5.41) is 18.8. The van der Waals surface area contributed by atoms with E-state index in [0.29, 0.717) is 11.5 Å². The molecular formula is C126H87N9OS. The molecule has 0 bridgehead atoms. The molecule has 0 spiro atoms. The molecule has 8 aromatic heterocycles. The third kappa shape index (κ3) is 11.5. The van der Waals surface area contributed by atoms with Crippen LogP contribution in [0.15, 0.2) is 387 Å².